The first kappa shape index (κ1) is 14.9. The summed E-state index contributed by atoms with van der Waals surface area (Å²) in [4.78, 5) is 11.4. The fourth-order valence-electron chi connectivity index (χ4n) is 1.18. The van der Waals surface area contributed by atoms with Crippen LogP contribution in [0, 0.1) is 11.3 Å². The Labute approximate surface area is 119 Å². The van der Waals surface area contributed by atoms with E-state index >= 15 is 0 Å². The van der Waals surface area contributed by atoms with E-state index in [0.29, 0.717) is 23.6 Å². The molecule has 0 bridgehead atoms. The van der Waals surface area contributed by atoms with E-state index in [-0.39, 0.29) is 0 Å². The van der Waals surface area contributed by atoms with Gasteiger partial charge in [-0.2, -0.15) is 5.26 Å². The Balaban J connectivity index is 2.94. The highest BCUT2D eigenvalue weighted by molar-refractivity contribution is 6.76. The summed E-state index contributed by atoms with van der Waals surface area (Å²) in [5.74, 6) is -0.354. The van der Waals surface area contributed by atoms with Crippen LogP contribution in [0.25, 0.3) is 0 Å². The van der Waals surface area contributed by atoms with Gasteiger partial charge < -0.3 is 10.1 Å². The van der Waals surface area contributed by atoms with E-state index in [4.69, 9.17) is 44.8 Å². The molecule has 0 aliphatic rings. The maximum Gasteiger partial charge on any atom is 0.276 e. The monoisotopic (exact) mass is 306 g/mol. The van der Waals surface area contributed by atoms with Gasteiger partial charge in [0.2, 0.25) is 0 Å². The van der Waals surface area contributed by atoms with Crippen LogP contribution in [-0.2, 0) is 4.79 Å². The zero-order valence-electron chi connectivity index (χ0n) is 9.34. The van der Waals surface area contributed by atoms with Crippen LogP contribution >= 0.6 is 34.8 Å². The fraction of sp³-hybridized carbons (Fsp3) is 0.273. The summed E-state index contributed by atoms with van der Waals surface area (Å²) in [6.07, 6.45) is 0. The standard InChI is InChI=1S/C11H9Cl3N2O2/c1-2-18-9-4-3-8(5-7(9)6-15)16-10(17)11(12,13)14/h3-5H,2H2,1H3,(H,16,17). The first-order valence-electron chi connectivity index (χ1n) is 4.93. The lowest BCUT2D eigenvalue weighted by Crippen LogP contribution is -2.26. The van der Waals surface area contributed by atoms with Crippen molar-refractivity contribution >= 4 is 46.4 Å². The van der Waals surface area contributed by atoms with Gasteiger partial charge in [-0.1, -0.05) is 34.8 Å². The zero-order valence-corrected chi connectivity index (χ0v) is 11.6. The number of amides is 1. The average Bonchev–Trinajstić information content (AvgIpc) is 2.30. The molecule has 1 rings (SSSR count). The minimum Gasteiger partial charge on any atom is -0.492 e. The number of rotatable bonds is 3. The second kappa shape index (κ2) is 6.14. The first-order chi connectivity index (χ1) is 8.38. The molecule has 4 nitrogen and oxygen atoms in total. The van der Waals surface area contributed by atoms with Gasteiger partial charge in [0.05, 0.1) is 12.2 Å². The Morgan fingerprint density at radius 2 is 2.17 bits per heavy atom. The summed E-state index contributed by atoms with van der Waals surface area (Å²) in [6, 6.07) is 6.52. The second-order valence-electron chi connectivity index (χ2n) is 3.21. The molecule has 96 valence electrons. The molecule has 7 heteroatoms. The van der Waals surface area contributed by atoms with Crippen molar-refractivity contribution in [3.05, 3.63) is 23.8 Å². The zero-order chi connectivity index (χ0) is 13.8. The topological polar surface area (TPSA) is 62.1 Å². The van der Waals surface area contributed by atoms with Gasteiger partial charge in [-0.25, -0.2) is 0 Å². The molecule has 1 amide bonds. The molecule has 0 heterocycles. The number of hydrogen-bond donors (Lipinski definition) is 1. The van der Waals surface area contributed by atoms with E-state index in [0.717, 1.165) is 0 Å². The van der Waals surface area contributed by atoms with Crippen molar-refractivity contribution in [3.8, 4) is 11.8 Å². The first-order valence-corrected chi connectivity index (χ1v) is 6.07. The van der Waals surface area contributed by atoms with Crippen LogP contribution < -0.4 is 10.1 Å². The summed E-state index contributed by atoms with van der Waals surface area (Å²) >= 11 is 16.3. The molecule has 0 fully saturated rings. The van der Waals surface area contributed by atoms with Gasteiger partial charge in [-0.3, -0.25) is 4.79 Å². The van der Waals surface area contributed by atoms with Crippen LogP contribution in [0.4, 0.5) is 5.69 Å². The van der Waals surface area contributed by atoms with E-state index in [9.17, 15) is 4.79 Å². The number of alkyl halides is 3. The third-order valence-corrected chi connectivity index (χ3v) is 2.43. The predicted octanol–water partition coefficient (Wildman–Crippen LogP) is 3.27. The minimum absolute atomic E-state index is 0.291. The highest BCUT2D eigenvalue weighted by Gasteiger charge is 2.30. The average molecular weight is 308 g/mol. The van der Waals surface area contributed by atoms with E-state index in [1.807, 2.05) is 6.07 Å². The molecule has 0 aliphatic heterocycles. The van der Waals surface area contributed by atoms with Crippen molar-refractivity contribution in [2.75, 3.05) is 11.9 Å². The largest absolute Gasteiger partial charge is 0.492 e. The smallest absolute Gasteiger partial charge is 0.276 e. The van der Waals surface area contributed by atoms with Gasteiger partial charge in [-0.05, 0) is 25.1 Å². The maximum atomic E-state index is 11.4. The number of anilines is 1. The highest BCUT2D eigenvalue weighted by Crippen LogP contribution is 2.29. The van der Waals surface area contributed by atoms with Crippen LogP contribution in [0.15, 0.2) is 18.2 Å². The fourth-order valence-corrected chi connectivity index (χ4v) is 1.32. The van der Waals surface area contributed by atoms with Gasteiger partial charge >= 0.3 is 0 Å². The van der Waals surface area contributed by atoms with Crippen molar-refractivity contribution in [3.63, 3.8) is 0 Å². The predicted molar refractivity (Wildman–Crippen MR) is 71.2 cm³/mol. The summed E-state index contributed by atoms with van der Waals surface area (Å²) in [7, 11) is 0. The molecule has 1 aromatic rings. The van der Waals surface area contributed by atoms with E-state index in [1.165, 1.54) is 6.07 Å². The highest BCUT2D eigenvalue weighted by atomic mass is 35.6. The summed E-state index contributed by atoms with van der Waals surface area (Å²) < 4.78 is 3.19. The van der Waals surface area contributed by atoms with Gasteiger partial charge in [0.25, 0.3) is 9.70 Å². The lowest BCUT2D eigenvalue weighted by Gasteiger charge is -2.12. The summed E-state index contributed by atoms with van der Waals surface area (Å²) in [5.41, 5.74) is 0.644. The summed E-state index contributed by atoms with van der Waals surface area (Å²) in [5, 5.41) is 11.3. The number of carbonyl (C=O) groups excluding carboxylic acids is 1. The Hall–Kier alpha value is -1.15. The minimum atomic E-state index is -2.05. The molecule has 1 N–H and O–H groups in total. The number of carbonyl (C=O) groups is 1. The number of nitrogens with one attached hydrogen (secondary N) is 1. The molecular weight excluding hydrogens is 298 g/mol. The molecule has 18 heavy (non-hydrogen) atoms. The number of hydrogen-bond acceptors (Lipinski definition) is 3. The molecular formula is C11H9Cl3N2O2. The van der Waals surface area contributed by atoms with Crippen molar-refractivity contribution in [1.82, 2.24) is 0 Å². The van der Waals surface area contributed by atoms with Crippen molar-refractivity contribution < 1.29 is 9.53 Å². The Kier molecular flexibility index (Phi) is 5.09. The number of nitrogens with zero attached hydrogens (tertiary/aromatic N) is 1. The maximum absolute atomic E-state index is 11.4. The van der Waals surface area contributed by atoms with Crippen molar-refractivity contribution in [2.24, 2.45) is 0 Å². The van der Waals surface area contributed by atoms with Crippen LogP contribution in [0.2, 0.25) is 0 Å². The second-order valence-corrected chi connectivity index (χ2v) is 5.49. The van der Waals surface area contributed by atoms with Crippen LogP contribution in [-0.4, -0.2) is 16.3 Å². The number of ether oxygens (including phenoxy) is 1. The normalized spacial score (nSPS) is 10.6. The Bertz CT molecular complexity index is 492. The Morgan fingerprint density at radius 3 is 2.67 bits per heavy atom. The third kappa shape index (κ3) is 3.95. The van der Waals surface area contributed by atoms with Crippen molar-refractivity contribution in [1.29, 1.82) is 5.26 Å². The van der Waals surface area contributed by atoms with Gasteiger partial charge in [0.15, 0.2) is 0 Å². The lowest BCUT2D eigenvalue weighted by atomic mass is 10.2. The van der Waals surface area contributed by atoms with E-state index in [1.54, 1.807) is 19.1 Å². The molecule has 0 atom stereocenters. The SMILES string of the molecule is CCOc1ccc(NC(=O)C(Cl)(Cl)Cl)cc1C#N. The summed E-state index contributed by atoms with van der Waals surface area (Å²) in [6.45, 7) is 2.24. The molecule has 0 saturated heterocycles. The molecule has 0 radical (unpaired) electrons. The third-order valence-electron chi connectivity index (χ3n) is 1.92. The van der Waals surface area contributed by atoms with Gasteiger partial charge in [-0.15, -0.1) is 0 Å². The molecule has 1 aromatic carbocycles. The molecule has 0 aliphatic carbocycles. The van der Waals surface area contributed by atoms with Gasteiger partial charge in [0.1, 0.15) is 11.8 Å². The Morgan fingerprint density at radius 1 is 1.50 bits per heavy atom. The van der Waals surface area contributed by atoms with Gasteiger partial charge in [0, 0.05) is 5.69 Å². The molecule has 0 unspecified atom stereocenters. The van der Waals surface area contributed by atoms with E-state index < -0.39 is 9.70 Å². The van der Waals surface area contributed by atoms with Crippen molar-refractivity contribution in [2.45, 2.75) is 10.7 Å². The van der Waals surface area contributed by atoms with Crippen LogP contribution in [0.1, 0.15) is 12.5 Å². The lowest BCUT2D eigenvalue weighted by molar-refractivity contribution is -0.115. The van der Waals surface area contributed by atoms with E-state index in [2.05, 4.69) is 5.32 Å². The molecule has 0 saturated carbocycles. The van der Waals surface area contributed by atoms with Crippen LogP contribution in [0.5, 0.6) is 5.75 Å². The number of nitriles is 1. The number of benzene rings is 1. The molecule has 0 spiro atoms. The number of halogens is 3. The quantitative estimate of drug-likeness (QED) is 0.872. The molecule has 0 aromatic heterocycles. The van der Waals surface area contributed by atoms with Crippen LogP contribution in [0.3, 0.4) is 0 Å².